The molecule has 4 nitrogen and oxygen atoms in total. The molecule has 0 spiro atoms. The molecule has 152 valence electrons. The maximum Gasteiger partial charge on any atom is 0.0720 e. The Bertz CT molecular complexity index is 976. The summed E-state index contributed by atoms with van der Waals surface area (Å²) in [4.78, 5) is 5.95. The molecule has 5 rings (SSSR count). The first-order valence-electron chi connectivity index (χ1n) is 11.0. The lowest BCUT2D eigenvalue weighted by molar-refractivity contribution is -0.00864. The molecule has 0 unspecified atom stereocenters. The second kappa shape index (κ2) is 8.31. The highest BCUT2D eigenvalue weighted by Gasteiger charge is 2.24. The van der Waals surface area contributed by atoms with E-state index in [4.69, 9.17) is 4.74 Å². The van der Waals surface area contributed by atoms with Gasteiger partial charge in [-0.25, -0.2) is 0 Å². The number of nitrogens with one attached hydrogen (secondary N) is 1. The van der Waals surface area contributed by atoms with Gasteiger partial charge < -0.3 is 14.8 Å². The highest BCUT2D eigenvalue weighted by molar-refractivity contribution is 5.86. The maximum atomic E-state index is 9.56. The molecule has 29 heavy (non-hydrogen) atoms. The maximum absolute atomic E-state index is 9.56. The molecule has 2 heterocycles. The topological polar surface area (TPSA) is 48.5 Å². The Balaban J connectivity index is 1.33. The summed E-state index contributed by atoms with van der Waals surface area (Å²) >= 11 is 0. The zero-order chi connectivity index (χ0) is 19.6. The molecule has 1 aliphatic carbocycles. The van der Waals surface area contributed by atoms with E-state index in [-0.39, 0.29) is 6.61 Å². The Morgan fingerprint density at radius 1 is 1.00 bits per heavy atom. The molecule has 3 aromatic rings. The summed E-state index contributed by atoms with van der Waals surface area (Å²) in [6.45, 7) is 2.91. The summed E-state index contributed by atoms with van der Waals surface area (Å²) in [5.74, 6) is 0. The van der Waals surface area contributed by atoms with Crippen LogP contribution in [0.3, 0.4) is 0 Å². The van der Waals surface area contributed by atoms with E-state index in [1.54, 1.807) is 0 Å². The van der Waals surface area contributed by atoms with E-state index >= 15 is 0 Å². The summed E-state index contributed by atoms with van der Waals surface area (Å²) in [6, 6.07) is 17.9. The number of aromatic amines is 1. The molecule has 0 radical (unpaired) electrons. The molecule has 2 aliphatic rings. The fraction of sp³-hybridized carbons (Fsp3) is 0.440. The number of hydrogen-bond acceptors (Lipinski definition) is 3. The van der Waals surface area contributed by atoms with Crippen molar-refractivity contribution in [3.05, 3.63) is 59.8 Å². The number of aromatic nitrogens is 1. The Morgan fingerprint density at radius 2 is 1.90 bits per heavy atom. The molecule has 0 amide bonds. The molecule has 1 saturated heterocycles. The molecule has 1 aliphatic heterocycles. The van der Waals surface area contributed by atoms with Gasteiger partial charge >= 0.3 is 0 Å². The number of likely N-dealkylation sites (tertiary alicyclic amines) is 1. The molecule has 1 saturated carbocycles. The predicted molar refractivity (Wildman–Crippen MR) is 117 cm³/mol. The van der Waals surface area contributed by atoms with E-state index < -0.39 is 0 Å². The van der Waals surface area contributed by atoms with Gasteiger partial charge in [0.25, 0.3) is 0 Å². The van der Waals surface area contributed by atoms with Crippen LogP contribution < -0.4 is 0 Å². The van der Waals surface area contributed by atoms with Crippen molar-refractivity contribution < 1.29 is 9.84 Å². The van der Waals surface area contributed by atoms with Crippen molar-refractivity contribution in [1.82, 2.24) is 9.88 Å². The minimum atomic E-state index is 0.255. The van der Waals surface area contributed by atoms with Crippen molar-refractivity contribution >= 4 is 10.9 Å². The minimum absolute atomic E-state index is 0.255. The number of nitrogens with zero attached hydrogens (tertiary/aromatic N) is 1. The van der Waals surface area contributed by atoms with Crippen molar-refractivity contribution in [3.63, 3.8) is 0 Å². The van der Waals surface area contributed by atoms with Crippen LogP contribution in [-0.2, 0) is 17.9 Å². The smallest absolute Gasteiger partial charge is 0.0720 e. The van der Waals surface area contributed by atoms with Crippen LogP contribution in [-0.4, -0.2) is 40.3 Å². The van der Waals surface area contributed by atoms with Crippen LogP contribution >= 0.6 is 0 Å². The predicted octanol–water partition coefficient (Wildman–Crippen LogP) is 4.86. The quantitative estimate of drug-likeness (QED) is 0.606. The number of rotatable bonds is 7. The highest BCUT2D eigenvalue weighted by Crippen LogP contribution is 2.28. The van der Waals surface area contributed by atoms with Gasteiger partial charge in [-0.05, 0) is 79.6 Å². The zero-order valence-electron chi connectivity index (χ0n) is 16.9. The average Bonchev–Trinajstić information content (AvgIpc) is 3.32. The Labute approximate surface area is 172 Å². The minimum Gasteiger partial charge on any atom is -0.395 e. The van der Waals surface area contributed by atoms with E-state index in [1.807, 2.05) is 0 Å². The van der Waals surface area contributed by atoms with Crippen molar-refractivity contribution in [2.45, 2.75) is 57.4 Å². The van der Waals surface area contributed by atoms with Gasteiger partial charge in [-0.2, -0.15) is 0 Å². The number of benzene rings is 2. The Morgan fingerprint density at radius 3 is 2.72 bits per heavy atom. The highest BCUT2D eigenvalue weighted by atomic mass is 16.5. The van der Waals surface area contributed by atoms with E-state index in [9.17, 15) is 5.11 Å². The van der Waals surface area contributed by atoms with Crippen molar-refractivity contribution in [2.75, 3.05) is 13.2 Å². The van der Waals surface area contributed by atoms with Gasteiger partial charge in [0.05, 0.1) is 19.3 Å². The van der Waals surface area contributed by atoms with Gasteiger partial charge in [-0.1, -0.05) is 24.3 Å². The normalized spacial score (nSPS) is 20.4. The summed E-state index contributed by atoms with van der Waals surface area (Å²) in [7, 11) is 0. The summed E-state index contributed by atoms with van der Waals surface area (Å²) < 4.78 is 5.98. The summed E-state index contributed by atoms with van der Waals surface area (Å²) in [6.07, 6.45) is 6.47. The monoisotopic (exact) mass is 390 g/mol. The van der Waals surface area contributed by atoms with Gasteiger partial charge in [-0.15, -0.1) is 0 Å². The Hall–Kier alpha value is -2.14. The van der Waals surface area contributed by atoms with E-state index in [0.717, 1.165) is 19.5 Å². The van der Waals surface area contributed by atoms with Crippen LogP contribution in [0.1, 0.15) is 43.4 Å². The lowest BCUT2D eigenvalue weighted by atomic mass is 9.96. The van der Waals surface area contributed by atoms with Crippen LogP contribution in [0.25, 0.3) is 22.0 Å². The lowest BCUT2D eigenvalue weighted by Gasteiger charge is -2.25. The van der Waals surface area contributed by atoms with Gasteiger partial charge in [0.1, 0.15) is 0 Å². The molecular formula is C25H30N2O2. The SMILES string of the molecule is OC[C@H]1CCCN1Cc1cc2cc(-c3cccc(COC4CCC4)c3)ccc2[nH]1. The number of hydrogen-bond donors (Lipinski definition) is 2. The standard InChI is InChI=1S/C25H30N2O2/c28-16-23-6-3-11-27(23)15-22-14-21-13-20(9-10-25(21)26-22)19-5-1-4-18(12-19)17-29-24-7-2-8-24/h1,4-5,9-10,12-14,23-24,26,28H,2-3,6-8,11,15-17H2/t23-/m1/s1. The van der Waals surface area contributed by atoms with Crippen LogP contribution in [0.5, 0.6) is 0 Å². The third-order valence-electron chi connectivity index (χ3n) is 6.56. The second-order valence-corrected chi connectivity index (χ2v) is 8.61. The molecule has 1 atom stereocenters. The number of fused-ring (bicyclic) bond motifs is 1. The van der Waals surface area contributed by atoms with E-state index in [0.29, 0.717) is 18.8 Å². The number of ether oxygens (including phenoxy) is 1. The molecule has 1 aromatic heterocycles. The fourth-order valence-corrected chi connectivity index (χ4v) is 4.58. The number of aliphatic hydroxyl groups excluding tert-OH is 1. The third-order valence-corrected chi connectivity index (χ3v) is 6.56. The summed E-state index contributed by atoms with van der Waals surface area (Å²) in [5.41, 5.74) is 6.12. The fourth-order valence-electron chi connectivity index (χ4n) is 4.58. The Kier molecular flexibility index (Phi) is 5.40. The largest absolute Gasteiger partial charge is 0.395 e. The lowest BCUT2D eigenvalue weighted by Crippen LogP contribution is -2.31. The van der Waals surface area contributed by atoms with Crippen LogP contribution in [0.2, 0.25) is 0 Å². The first-order chi connectivity index (χ1) is 14.3. The van der Waals surface area contributed by atoms with Crippen molar-refractivity contribution in [1.29, 1.82) is 0 Å². The van der Waals surface area contributed by atoms with E-state index in [1.165, 1.54) is 59.0 Å². The zero-order valence-corrected chi connectivity index (χ0v) is 16.9. The van der Waals surface area contributed by atoms with E-state index in [2.05, 4.69) is 58.4 Å². The average molecular weight is 391 g/mol. The molecule has 2 fully saturated rings. The van der Waals surface area contributed by atoms with Gasteiger partial charge in [-0.3, -0.25) is 4.90 Å². The van der Waals surface area contributed by atoms with Gasteiger partial charge in [0.15, 0.2) is 0 Å². The first kappa shape index (κ1) is 18.9. The van der Waals surface area contributed by atoms with Crippen LogP contribution in [0, 0.1) is 0 Å². The van der Waals surface area contributed by atoms with Gasteiger partial charge in [0.2, 0.25) is 0 Å². The number of H-pyrrole nitrogens is 1. The number of aliphatic hydroxyl groups is 1. The van der Waals surface area contributed by atoms with Crippen LogP contribution in [0.15, 0.2) is 48.5 Å². The third kappa shape index (κ3) is 4.11. The molecule has 4 heteroatoms. The second-order valence-electron chi connectivity index (χ2n) is 8.61. The molecular weight excluding hydrogens is 360 g/mol. The molecule has 0 bridgehead atoms. The first-order valence-corrected chi connectivity index (χ1v) is 11.0. The van der Waals surface area contributed by atoms with Crippen molar-refractivity contribution in [2.24, 2.45) is 0 Å². The molecule has 2 aromatic carbocycles. The van der Waals surface area contributed by atoms with Crippen molar-refractivity contribution in [3.8, 4) is 11.1 Å². The van der Waals surface area contributed by atoms with Crippen LogP contribution in [0.4, 0.5) is 0 Å². The van der Waals surface area contributed by atoms with Gasteiger partial charge in [0, 0.05) is 29.2 Å². The summed E-state index contributed by atoms with van der Waals surface area (Å²) in [5, 5.41) is 10.8. The molecule has 2 N–H and O–H groups in total.